The molecule has 1 N–H and O–H groups in total. The van der Waals surface area contributed by atoms with Crippen LogP contribution in [0.15, 0.2) is 46.9 Å². The molecular formula is C15H13BrO4. The molecule has 2 aromatic carbocycles. The van der Waals surface area contributed by atoms with Crippen LogP contribution in [-0.2, 0) is 6.61 Å². The molecule has 104 valence electrons. The van der Waals surface area contributed by atoms with E-state index in [-0.39, 0.29) is 12.2 Å². The van der Waals surface area contributed by atoms with Crippen LogP contribution in [0.4, 0.5) is 0 Å². The van der Waals surface area contributed by atoms with E-state index in [9.17, 15) is 4.79 Å². The number of rotatable bonds is 5. The van der Waals surface area contributed by atoms with Crippen LogP contribution >= 0.6 is 15.9 Å². The minimum atomic E-state index is -1.03. The molecule has 0 radical (unpaired) electrons. The molecule has 0 aliphatic rings. The molecule has 0 fully saturated rings. The first-order valence-corrected chi connectivity index (χ1v) is 6.69. The number of halogens is 1. The Hall–Kier alpha value is -2.01. The third-order valence-electron chi connectivity index (χ3n) is 2.76. The molecule has 0 saturated heterocycles. The quantitative estimate of drug-likeness (QED) is 0.903. The van der Waals surface area contributed by atoms with Crippen LogP contribution in [0.3, 0.4) is 0 Å². The molecule has 0 amide bonds. The van der Waals surface area contributed by atoms with Gasteiger partial charge in [-0.3, -0.25) is 0 Å². The predicted octanol–water partition coefficient (Wildman–Crippen LogP) is 3.73. The van der Waals surface area contributed by atoms with Crippen molar-refractivity contribution in [2.75, 3.05) is 7.11 Å². The number of carboxylic acid groups (broad SMARTS) is 1. The third-order valence-corrected chi connectivity index (χ3v) is 3.39. The van der Waals surface area contributed by atoms with Gasteiger partial charge in [-0.15, -0.1) is 0 Å². The number of aromatic carboxylic acids is 1. The summed E-state index contributed by atoms with van der Waals surface area (Å²) in [4.78, 5) is 11.2. The predicted molar refractivity (Wildman–Crippen MR) is 78.4 cm³/mol. The van der Waals surface area contributed by atoms with E-state index in [1.54, 1.807) is 19.2 Å². The van der Waals surface area contributed by atoms with E-state index in [4.69, 9.17) is 14.6 Å². The summed E-state index contributed by atoms with van der Waals surface area (Å²) in [5, 5.41) is 9.16. The molecule has 0 aromatic heterocycles. The van der Waals surface area contributed by atoms with Crippen molar-refractivity contribution in [3.63, 3.8) is 0 Å². The monoisotopic (exact) mass is 336 g/mol. The van der Waals surface area contributed by atoms with E-state index in [0.717, 1.165) is 5.56 Å². The molecule has 4 nitrogen and oxygen atoms in total. The first kappa shape index (κ1) is 14.4. The summed E-state index contributed by atoms with van der Waals surface area (Å²) in [7, 11) is 1.58. The van der Waals surface area contributed by atoms with Gasteiger partial charge in [-0.2, -0.15) is 0 Å². The zero-order valence-electron chi connectivity index (χ0n) is 10.8. The van der Waals surface area contributed by atoms with Gasteiger partial charge in [0.25, 0.3) is 0 Å². The van der Waals surface area contributed by atoms with Crippen LogP contribution in [0.25, 0.3) is 0 Å². The van der Waals surface area contributed by atoms with E-state index in [2.05, 4.69) is 15.9 Å². The molecule has 0 aliphatic carbocycles. The highest BCUT2D eigenvalue weighted by molar-refractivity contribution is 9.10. The lowest BCUT2D eigenvalue weighted by Gasteiger charge is -2.13. The highest BCUT2D eigenvalue weighted by Crippen LogP contribution is 2.30. The van der Waals surface area contributed by atoms with Crippen LogP contribution in [0, 0.1) is 0 Å². The second kappa shape index (κ2) is 6.43. The van der Waals surface area contributed by atoms with E-state index >= 15 is 0 Å². The van der Waals surface area contributed by atoms with Crippen molar-refractivity contribution in [1.29, 1.82) is 0 Å². The van der Waals surface area contributed by atoms with Crippen LogP contribution < -0.4 is 9.47 Å². The number of para-hydroxylation sites is 2. The van der Waals surface area contributed by atoms with Crippen LogP contribution in [-0.4, -0.2) is 18.2 Å². The molecule has 5 heteroatoms. The number of methoxy groups -OCH3 is 1. The highest BCUT2D eigenvalue weighted by Gasteiger charge is 2.15. The Morgan fingerprint density at radius 1 is 1.20 bits per heavy atom. The Bertz CT molecular complexity index is 625. The minimum Gasteiger partial charge on any atom is -0.496 e. The smallest absolute Gasteiger partial charge is 0.339 e. The largest absolute Gasteiger partial charge is 0.496 e. The van der Waals surface area contributed by atoms with Gasteiger partial charge in [-0.05, 0) is 34.1 Å². The molecule has 0 atom stereocenters. The van der Waals surface area contributed by atoms with E-state index in [1.165, 1.54) is 6.07 Å². The van der Waals surface area contributed by atoms with Crippen molar-refractivity contribution in [2.24, 2.45) is 0 Å². The number of carboxylic acids is 1. The summed E-state index contributed by atoms with van der Waals surface area (Å²) in [5.41, 5.74) is 0.969. The number of carbonyl (C=O) groups is 1. The lowest BCUT2D eigenvalue weighted by atomic mass is 10.2. The average molecular weight is 337 g/mol. The maximum Gasteiger partial charge on any atom is 0.339 e. The summed E-state index contributed by atoms with van der Waals surface area (Å²) in [6.07, 6.45) is 0. The van der Waals surface area contributed by atoms with Gasteiger partial charge in [0.15, 0.2) is 0 Å². The second-order valence-corrected chi connectivity index (χ2v) is 4.88. The lowest BCUT2D eigenvalue weighted by molar-refractivity contribution is 0.0691. The minimum absolute atomic E-state index is 0.120. The van der Waals surface area contributed by atoms with Crippen LogP contribution in [0.2, 0.25) is 0 Å². The zero-order chi connectivity index (χ0) is 14.5. The van der Waals surface area contributed by atoms with Crippen molar-refractivity contribution in [2.45, 2.75) is 6.61 Å². The molecular weight excluding hydrogens is 324 g/mol. The van der Waals surface area contributed by atoms with Gasteiger partial charge >= 0.3 is 5.97 Å². The second-order valence-electron chi connectivity index (χ2n) is 4.02. The van der Waals surface area contributed by atoms with Gasteiger partial charge in [0, 0.05) is 5.56 Å². The normalized spacial score (nSPS) is 10.1. The third kappa shape index (κ3) is 3.11. The average Bonchev–Trinajstić information content (AvgIpc) is 2.46. The highest BCUT2D eigenvalue weighted by atomic mass is 79.9. The Labute approximate surface area is 125 Å². The maximum atomic E-state index is 11.2. The van der Waals surface area contributed by atoms with Crippen molar-refractivity contribution >= 4 is 21.9 Å². The molecule has 20 heavy (non-hydrogen) atoms. The molecule has 2 aromatic rings. The van der Waals surface area contributed by atoms with E-state index in [0.29, 0.717) is 16.0 Å². The Morgan fingerprint density at radius 3 is 2.65 bits per heavy atom. The molecule has 0 spiro atoms. The lowest BCUT2D eigenvalue weighted by Crippen LogP contribution is -2.05. The van der Waals surface area contributed by atoms with Crippen molar-refractivity contribution < 1.29 is 19.4 Å². The van der Waals surface area contributed by atoms with Gasteiger partial charge in [0.1, 0.15) is 23.7 Å². The molecule has 0 bridgehead atoms. The zero-order valence-corrected chi connectivity index (χ0v) is 12.4. The molecule has 0 saturated carbocycles. The Balaban J connectivity index is 2.25. The SMILES string of the molecule is COc1ccccc1COc1c(Br)cccc1C(=O)O. The van der Waals surface area contributed by atoms with Gasteiger partial charge < -0.3 is 14.6 Å². The van der Waals surface area contributed by atoms with Crippen molar-refractivity contribution in [3.8, 4) is 11.5 Å². The molecule has 0 aliphatic heterocycles. The van der Waals surface area contributed by atoms with Gasteiger partial charge in [-0.25, -0.2) is 4.79 Å². The molecule has 2 rings (SSSR count). The fourth-order valence-electron chi connectivity index (χ4n) is 1.80. The van der Waals surface area contributed by atoms with Crippen molar-refractivity contribution in [1.82, 2.24) is 0 Å². The number of benzene rings is 2. The summed E-state index contributed by atoms with van der Waals surface area (Å²) >= 11 is 3.30. The standard InChI is InChI=1S/C15H13BrO4/c1-19-13-8-3-2-5-10(13)9-20-14-11(15(17)18)6-4-7-12(14)16/h2-8H,9H2,1H3,(H,17,18). The number of ether oxygens (including phenoxy) is 2. The fourth-order valence-corrected chi connectivity index (χ4v) is 2.28. The number of hydrogen-bond acceptors (Lipinski definition) is 3. The summed E-state index contributed by atoms with van der Waals surface area (Å²) in [6.45, 7) is 0.229. The number of hydrogen-bond donors (Lipinski definition) is 1. The summed E-state index contributed by atoms with van der Waals surface area (Å²) in [6, 6.07) is 12.3. The fraction of sp³-hybridized carbons (Fsp3) is 0.133. The van der Waals surface area contributed by atoms with E-state index < -0.39 is 5.97 Å². The van der Waals surface area contributed by atoms with Crippen molar-refractivity contribution in [3.05, 3.63) is 58.1 Å². The summed E-state index contributed by atoms with van der Waals surface area (Å²) in [5.74, 6) is -0.0105. The summed E-state index contributed by atoms with van der Waals surface area (Å²) < 4.78 is 11.5. The Kier molecular flexibility index (Phi) is 4.63. The van der Waals surface area contributed by atoms with E-state index in [1.807, 2.05) is 24.3 Å². The molecule has 0 unspecified atom stereocenters. The topological polar surface area (TPSA) is 55.8 Å². The molecule has 0 heterocycles. The maximum absolute atomic E-state index is 11.2. The van der Waals surface area contributed by atoms with Crippen LogP contribution in [0.1, 0.15) is 15.9 Å². The van der Waals surface area contributed by atoms with Crippen LogP contribution in [0.5, 0.6) is 11.5 Å². The Morgan fingerprint density at radius 2 is 1.95 bits per heavy atom. The van der Waals surface area contributed by atoms with Gasteiger partial charge in [0.2, 0.25) is 0 Å². The van der Waals surface area contributed by atoms with Gasteiger partial charge in [0.05, 0.1) is 11.6 Å². The first-order chi connectivity index (χ1) is 9.63. The first-order valence-electron chi connectivity index (χ1n) is 5.90. The van der Waals surface area contributed by atoms with Gasteiger partial charge in [-0.1, -0.05) is 24.3 Å².